The molecule has 0 fully saturated rings. The molecule has 0 radical (unpaired) electrons. The first kappa shape index (κ1) is 14.4. The van der Waals surface area contributed by atoms with Crippen molar-refractivity contribution in [3.63, 3.8) is 0 Å². The summed E-state index contributed by atoms with van der Waals surface area (Å²) in [5.41, 5.74) is 10.3. The van der Waals surface area contributed by atoms with E-state index in [0.29, 0.717) is 0 Å². The van der Waals surface area contributed by atoms with Crippen molar-refractivity contribution < 1.29 is 19.5 Å². The van der Waals surface area contributed by atoms with Gasteiger partial charge in [0.25, 0.3) is 0 Å². The topological polar surface area (TPSA) is 136 Å². The van der Waals surface area contributed by atoms with E-state index in [1.54, 1.807) is 13.8 Å². The summed E-state index contributed by atoms with van der Waals surface area (Å²) in [6.07, 6.45) is -0.219. The van der Waals surface area contributed by atoms with E-state index >= 15 is 0 Å². The third-order valence-corrected chi connectivity index (χ3v) is 1.99. The van der Waals surface area contributed by atoms with Gasteiger partial charge in [0.05, 0.1) is 0 Å². The molecule has 0 aromatic carbocycles. The van der Waals surface area contributed by atoms with E-state index < -0.39 is 24.0 Å². The van der Waals surface area contributed by atoms with Crippen molar-refractivity contribution >= 4 is 17.8 Å². The van der Waals surface area contributed by atoms with Crippen LogP contribution in [0, 0.1) is 5.92 Å². The third kappa shape index (κ3) is 4.74. The fourth-order valence-electron chi connectivity index (χ4n) is 0.939. The number of nitrogens with two attached hydrogens (primary N) is 2. The first-order valence-corrected chi connectivity index (χ1v) is 4.83. The number of carbonyl (C=O) groups is 3. The standard InChI is InChI=1S/C9H17N3O4/c1-4(2)8(14)12-6(7(11)13)3-5(10)9(15)16/h4-6H,3,10H2,1-2H3,(H2,11,13)(H,12,14)(H,15,16)/t5?,6-/m1/s1. The smallest absolute Gasteiger partial charge is 0.320 e. The second-order valence-corrected chi connectivity index (χ2v) is 3.80. The van der Waals surface area contributed by atoms with E-state index in [4.69, 9.17) is 16.6 Å². The molecule has 0 aliphatic rings. The minimum Gasteiger partial charge on any atom is -0.480 e. The quantitative estimate of drug-likeness (QED) is 0.437. The maximum Gasteiger partial charge on any atom is 0.320 e. The van der Waals surface area contributed by atoms with Gasteiger partial charge in [0.15, 0.2) is 0 Å². The predicted molar refractivity (Wildman–Crippen MR) is 56.2 cm³/mol. The molecule has 2 amide bonds. The monoisotopic (exact) mass is 231 g/mol. The number of carboxylic acid groups (broad SMARTS) is 1. The summed E-state index contributed by atoms with van der Waals surface area (Å²) in [4.78, 5) is 32.8. The molecular formula is C9H17N3O4. The van der Waals surface area contributed by atoms with Crippen molar-refractivity contribution in [1.29, 1.82) is 0 Å². The van der Waals surface area contributed by atoms with Crippen LogP contribution in [0.1, 0.15) is 20.3 Å². The zero-order valence-corrected chi connectivity index (χ0v) is 9.27. The van der Waals surface area contributed by atoms with Crippen LogP contribution in [0.4, 0.5) is 0 Å². The van der Waals surface area contributed by atoms with Crippen LogP contribution in [0.15, 0.2) is 0 Å². The van der Waals surface area contributed by atoms with Gasteiger partial charge >= 0.3 is 5.97 Å². The van der Waals surface area contributed by atoms with E-state index in [2.05, 4.69) is 5.32 Å². The number of nitrogens with one attached hydrogen (secondary N) is 1. The van der Waals surface area contributed by atoms with Crippen LogP contribution in [0.2, 0.25) is 0 Å². The molecule has 7 heteroatoms. The molecule has 0 rings (SSSR count). The normalized spacial score (nSPS) is 14.2. The minimum absolute atomic E-state index is 0.219. The number of hydrogen-bond donors (Lipinski definition) is 4. The Morgan fingerprint density at radius 3 is 2.12 bits per heavy atom. The van der Waals surface area contributed by atoms with Crippen LogP contribution in [-0.2, 0) is 14.4 Å². The van der Waals surface area contributed by atoms with Gasteiger partial charge in [-0.15, -0.1) is 0 Å². The van der Waals surface area contributed by atoms with E-state index in [9.17, 15) is 14.4 Å². The van der Waals surface area contributed by atoms with Gasteiger partial charge in [-0.05, 0) is 0 Å². The third-order valence-electron chi connectivity index (χ3n) is 1.99. The van der Waals surface area contributed by atoms with Gasteiger partial charge in [0, 0.05) is 12.3 Å². The summed E-state index contributed by atoms with van der Waals surface area (Å²) in [7, 11) is 0. The van der Waals surface area contributed by atoms with E-state index in [1.165, 1.54) is 0 Å². The Bertz CT molecular complexity index is 290. The fourth-order valence-corrected chi connectivity index (χ4v) is 0.939. The lowest BCUT2D eigenvalue weighted by Gasteiger charge is -2.18. The number of aliphatic carboxylic acids is 1. The van der Waals surface area contributed by atoms with Crippen molar-refractivity contribution in [2.75, 3.05) is 0 Å². The van der Waals surface area contributed by atoms with Crippen molar-refractivity contribution in [3.05, 3.63) is 0 Å². The first-order chi connectivity index (χ1) is 7.25. The molecule has 1 unspecified atom stereocenters. The summed E-state index contributed by atoms with van der Waals surface area (Å²) in [6, 6.07) is -2.29. The van der Waals surface area contributed by atoms with Crippen LogP contribution >= 0.6 is 0 Å². The molecule has 0 saturated heterocycles. The first-order valence-electron chi connectivity index (χ1n) is 4.83. The molecule has 92 valence electrons. The molecule has 16 heavy (non-hydrogen) atoms. The summed E-state index contributed by atoms with van der Waals surface area (Å²) in [5, 5.41) is 10.9. The molecule has 2 atom stereocenters. The number of amides is 2. The van der Waals surface area contributed by atoms with Gasteiger partial charge in [-0.3, -0.25) is 14.4 Å². The van der Waals surface area contributed by atoms with Crippen LogP contribution in [0.5, 0.6) is 0 Å². The average molecular weight is 231 g/mol. The van der Waals surface area contributed by atoms with Crippen LogP contribution in [-0.4, -0.2) is 35.0 Å². The summed E-state index contributed by atoms with van der Waals surface area (Å²) in [6.45, 7) is 3.29. The molecule has 0 heterocycles. The van der Waals surface area contributed by atoms with Crippen LogP contribution in [0.25, 0.3) is 0 Å². The highest BCUT2D eigenvalue weighted by molar-refractivity contribution is 5.88. The summed E-state index contributed by atoms with van der Waals surface area (Å²) < 4.78 is 0. The number of carboxylic acids is 1. The Hall–Kier alpha value is -1.63. The van der Waals surface area contributed by atoms with Crippen molar-refractivity contribution in [2.45, 2.75) is 32.4 Å². The molecule has 6 N–H and O–H groups in total. The molecule has 0 spiro atoms. The SMILES string of the molecule is CC(C)C(=O)N[C@H](CC(N)C(=O)O)C(N)=O. The van der Waals surface area contributed by atoms with Gasteiger partial charge in [-0.25, -0.2) is 0 Å². The molecule has 0 aromatic rings. The van der Waals surface area contributed by atoms with Crippen LogP contribution in [0.3, 0.4) is 0 Å². The van der Waals surface area contributed by atoms with Gasteiger partial charge in [-0.1, -0.05) is 13.8 Å². The number of carbonyl (C=O) groups excluding carboxylic acids is 2. The Morgan fingerprint density at radius 2 is 1.81 bits per heavy atom. The predicted octanol–water partition coefficient (Wildman–Crippen LogP) is -1.59. The second kappa shape index (κ2) is 6.06. The highest BCUT2D eigenvalue weighted by Gasteiger charge is 2.25. The summed E-state index contributed by atoms with van der Waals surface area (Å²) >= 11 is 0. The highest BCUT2D eigenvalue weighted by atomic mass is 16.4. The lowest BCUT2D eigenvalue weighted by Crippen LogP contribution is -2.50. The molecule has 0 saturated carbocycles. The minimum atomic E-state index is -1.25. The average Bonchev–Trinajstić information content (AvgIpc) is 2.15. The van der Waals surface area contributed by atoms with Crippen molar-refractivity contribution in [2.24, 2.45) is 17.4 Å². The maximum atomic E-state index is 11.3. The van der Waals surface area contributed by atoms with Gasteiger partial charge in [0.2, 0.25) is 11.8 Å². The molecule has 0 bridgehead atoms. The van der Waals surface area contributed by atoms with E-state index in [1.807, 2.05) is 0 Å². The van der Waals surface area contributed by atoms with Gasteiger partial charge in [0.1, 0.15) is 12.1 Å². The summed E-state index contributed by atoms with van der Waals surface area (Å²) in [5.74, 6) is -2.74. The molecule has 7 nitrogen and oxygen atoms in total. The zero-order valence-electron chi connectivity index (χ0n) is 9.27. The van der Waals surface area contributed by atoms with E-state index in [0.717, 1.165) is 0 Å². The van der Waals surface area contributed by atoms with Crippen molar-refractivity contribution in [1.82, 2.24) is 5.32 Å². The van der Waals surface area contributed by atoms with Gasteiger partial charge in [-0.2, -0.15) is 0 Å². The zero-order chi connectivity index (χ0) is 12.9. The number of hydrogen-bond acceptors (Lipinski definition) is 4. The van der Waals surface area contributed by atoms with Crippen LogP contribution < -0.4 is 16.8 Å². The largest absolute Gasteiger partial charge is 0.480 e. The fraction of sp³-hybridized carbons (Fsp3) is 0.667. The number of primary amides is 1. The van der Waals surface area contributed by atoms with Crippen molar-refractivity contribution in [3.8, 4) is 0 Å². The Balaban J connectivity index is 4.46. The molecular weight excluding hydrogens is 214 g/mol. The number of rotatable bonds is 6. The lowest BCUT2D eigenvalue weighted by molar-refractivity contribution is -0.139. The Kier molecular flexibility index (Phi) is 5.44. The maximum absolute atomic E-state index is 11.3. The highest BCUT2D eigenvalue weighted by Crippen LogP contribution is 1.99. The van der Waals surface area contributed by atoms with Gasteiger partial charge < -0.3 is 21.9 Å². The Morgan fingerprint density at radius 1 is 1.31 bits per heavy atom. The second-order valence-electron chi connectivity index (χ2n) is 3.80. The molecule has 0 aliphatic heterocycles. The van der Waals surface area contributed by atoms with E-state index in [-0.39, 0.29) is 18.2 Å². The Labute approximate surface area is 93.2 Å². The molecule has 0 aliphatic carbocycles. The molecule has 0 aromatic heterocycles. The lowest BCUT2D eigenvalue weighted by atomic mass is 10.1.